The highest BCUT2D eigenvalue weighted by Gasteiger charge is 2.14. The Bertz CT molecular complexity index is 544. The summed E-state index contributed by atoms with van der Waals surface area (Å²) in [5.41, 5.74) is 2.05. The van der Waals surface area contributed by atoms with Gasteiger partial charge in [-0.05, 0) is 17.5 Å². The molecule has 2 aromatic carbocycles. The molecule has 0 aliphatic carbocycles. The van der Waals surface area contributed by atoms with Gasteiger partial charge in [-0.25, -0.2) is 0 Å². The van der Waals surface area contributed by atoms with Gasteiger partial charge in [0.25, 0.3) is 0 Å². The fourth-order valence-electron chi connectivity index (χ4n) is 1.90. The molecule has 96 valence electrons. The molecule has 2 aromatic rings. The highest BCUT2D eigenvalue weighted by Crippen LogP contribution is 2.12. The van der Waals surface area contributed by atoms with Gasteiger partial charge in [-0.2, -0.15) is 0 Å². The van der Waals surface area contributed by atoms with E-state index in [0.717, 1.165) is 11.1 Å². The number of hydrogen-bond acceptors (Lipinski definition) is 1. The van der Waals surface area contributed by atoms with Gasteiger partial charge in [0, 0.05) is 0 Å². The minimum atomic E-state index is -0.795. The first kappa shape index (κ1) is 13.1. The van der Waals surface area contributed by atoms with Crippen molar-refractivity contribution in [3.05, 3.63) is 77.9 Å². The second kappa shape index (κ2) is 6.55. The van der Waals surface area contributed by atoms with E-state index in [-0.39, 0.29) is 0 Å². The van der Waals surface area contributed by atoms with Crippen LogP contribution in [0, 0.1) is 5.92 Å². The van der Waals surface area contributed by atoms with Crippen molar-refractivity contribution in [2.45, 2.75) is 6.42 Å². The topological polar surface area (TPSA) is 37.3 Å². The average Bonchev–Trinajstić information content (AvgIpc) is 2.45. The van der Waals surface area contributed by atoms with Crippen LogP contribution in [0.1, 0.15) is 11.1 Å². The standard InChI is InChI=1S/C17H16O2/c18-17(19)16(13-15-9-5-2-6-10-15)12-11-14-7-3-1-4-8-14/h1-12,16H,13H2,(H,18,19). The summed E-state index contributed by atoms with van der Waals surface area (Å²) >= 11 is 0. The molecule has 2 rings (SSSR count). The minimum Gasteiger partial charge on any atom is -0.481 e. The number of hydrogen-bond donors (Lipinski definition) is 1. The summed E-state index contributed by atoms with van der Waals surface area (Å²) in [6.45, 7) is 0. The summed E-state index contributed by atoms with van der Waals surface area (Å²) in [7, 11) is 0. The Balaban J connectivity index is 2.09. The van der Waals surface area contributed by atoms with E-state index in [4.69, 9.17) is 0 Å². The normalized spacial score (nSPS) is 12.4. The van der Waals surface area contributed by atoms with Crippen molar-refractivity contribution < 1.29 is 9.90 Å². The van der Waals surface area contributed by atoms with Crippen LogP contribution in [0.5, 0.6) is 0 Å². The van der Waals surface area contributed by atoms with Crippen molar-refractivity contribution in [2.75, 3.05) is 0 Å². The second-order valence-electron chi connectivity index (χ2n) is 4.40. The predicted molar refractivity (Wildman–Crippen MR) is 76.7 cm³/mol. The van der Waals surface area contributed by atoms with Crippen LogP contribution in [0.4, 0.5) is 0 Å². The lowest BCUT2D eigenvalue weighted by Gasteiger charge is -2.07. The Morgan fingerprint density at radius 3 is 2.16 bits per heavy atom. The van der Waals surface area contributed by atoms with Crippen LogP contribution in [0.3, 0.4) is 0 Å². The molecule has 0 saturated heterocycles. The van der Waals surface area contributed by atoms with Crippen LogP contribution in [-0.4, -0.2) is 11.1 Å². The smallest absolute Gasteiger partial charge is 0.310 e. The van der Waals surface area contributed by atoms with E-state index < -0.39 is 11.9 Å². The number of carboxylic acids is 1. The first-order valence-corrected chi connectivity index (χ1v) is 6.25. The molecule has 0 aliphatic rings. The quantitative estimate of drug-likeness (QED) is 0.882. The number of aliphatic carboxylic acids is 1. The maximum absolute atomic E-state index is 11.3. The van der Waals surface area contributed by atoms with E-state index in [1.165, 1.54) is 0 Å². The zero-order chi connectivity index (χ0) is 13.5. The molecule has 1 atom stereocenters. The number of carbonyl (C=O) groups is 1. The number of benzene rings is 2. The van der Waals surface area contributed by atoms with Crippen molar-refractivity contribution in [2.24, 2.45) is 5.92 Å². The highest BCUT2D eigenvalue weighted by atomic mass is 16.4. The second-order valence-corrected chi connectivity index (χ2v) is 4.40. The van der Waals surface area contributed by atoms with Gasteiger partial charge in [0.15, 0.2) is 0 Å². The third-order valence-electron chi connectivity index (χ3n) is 2.94. The van der Waals surface area contributed by atoms with Crippen molar-refractivity contribution in [3.63, 3.8) is 0 Å². The first-order valence-electron chi connectivity index (χ1n) is 6.25. The molecular weight excluding hydrogens is 236 g/mol. The first-order chi connectivity index (χ1) is 9.25. The van der Waals surface area contributed by atoms with Gasteiger partial charge in [-0.1, -0.05) is 72.8 Å². The van der Waals surface area contributed by atoms with Crippen LogP contribution in [0.15, 0.2) is 66.7 Å². The average molecular weight is 252 g/mol. The maximum atomic E-state index is 11.3. The molecule has 0 aliphatic heterocycles. The molecule has 0 heterocycles. The van der Waals surface area contributed by atoms with Gasteiger partial charge >= 0.3 is 5.97 Å². The Labute approximate surface area is 113 Å². The Morgan fingerprint density at radius 2 is 1.58 bits per heavy atom. The molecular formula is C17H16O2. The Morgan fingerprint density at radius 1 is 1.00 bits per heavy atom. The van der Waals surface area contributed by atoms with Crippen molar-refractivity contribution in [1.82, 2.24) is 0 Å². The third-order valence-corrected chi connectivity index (χ3v) is 2.94. The fraction of sp³-hybridized carbons (Fsp3) is 0.118. The lowest BCUT2D eigenvalue weighted by Crippen LogP contribution is -2.13. The summed E-state index contributed by atoms with van der Waals surface area (Å²) in [6, 6.07) is 19.4. The summed E-state index contributed by atoms with van der Waals surface area (Å²) in [6.07, 6.45) is 4.13. The van der Waals surface area contributed by atoms with Gasteiger partial charge in [0.05, 0.1) is 5.92 Å². The molecule has 0 bridgehead atoms. The molecule has 0 aromatic heterocycles. The van der Waals surface area contributed by atoms with Gasteiger partial charge in [0.2, 0.25) is 0 Å². The van der Waals surface area contributed by atoms with Gasteiger partial charge < -0.3 is 5.11 Å². The van der Waals surface area contributed by atoms with Crippen LogP contribution in [-0.2, 0) is 11.2 Å². The number of carboxylic acid groups (broad SMARTS) is 1. The lowest BCUT2D eigenvalue weighted by atomic mass is 9.98. The molecule has 0 saturated carbocycles. The van der Waals surface area contributed by atoms with E-state index in [1.54, 1.807) is 6.08 Å². The Kier molecular flexibility index (Phi) is 4.51. The fourth-order valence-corrected chi connectivity index (χ4v) is 1.90. The summed E-state index contributed by atoms with van der Waals surface area (Å²) in [5.74, 6) is -1.29. The maximum Gasteiger partial charge on any atom is 0.310 e. The van der Waals surface area contributed by atoms with Gasteiger partial charge in [-0.3, -0.25) is 4.79 Å². The molecule has 19 heavy (non-hydrogen) atoms. The molecule has 0 radical (unpaired) electrons. The Hall–Kier alpha value is -2.35. The van der Waals surface area contributed by atoms with Crippen LogP contribution >= 0.6 is 0 Å². The van der Waals surface area contributed by atoms with E-state index in [9.17, 15) is 9.90 Å². The SMILES string of the molecule is O=C(O)C(C=Cc1ccccc1)Cc1ccccc1. The van der Waals surface area contributed by atoms with Crippen LogP contribution in [0.25, 0.3) is 6.08 Å². The van der Waals surface area contributed by atoms with Gasteiger partial charge in [0.1, 0.15) is 0 Å². The highest BCUT2D eigenvalue weighted by molar-refractivity contribution is 5.74. The van der Waals surface area contributed by atoms with Crippen molar-refractivity contribution in [1.29, 1.82) is 0 Å². The van der Waals surface area contributed by atoms with Crippen LogP contribution in [0.2, 0.25) is 0 Å². The molecule has 0 spiro atoms. The molecule has 0 fully saturated rings. The summed E-state index contributed by atoms with van der Waals surface area (Å²) in [5, 5.41) is 9.26. The zero-order valence-corrected chi connectivity index (χ0v) is 10.6. The van der Waals surface area contributed by atoms with E-state index >= 15 is 0 Å². The molecule has 1 unspecified atom stereocenters. The van der Waals surface area contributed by atoms with E-state index in [1.807, 2.05) is 66.7 Å². The van der Waals surface area contributed by atoms with Crippen molar-refractivity contribution >= 4 is 12.0 Å². The zero-order valence-electron chi connectivity index (χ0n) is 10.6. The van der Waals surface area contributed by atoms with Crippen molar-refractivity contribution in [3.8, 4) is 0 Å². The molecule has 2 heteroatoms. The van der Waals surface area contributed by atoms with Crippen LogP contribution < -0.4 is 0 Å². The molecule has 0 amide bonds. The van der Waals surface area contributed by atoms with E-state index in [2.05, 4.69) is 0 Å². The molecule has 1 N–H and O–H groups in total. The number of rotatable bonds is 5. The summed E-state index contributed by atoms with van der Waals surface area (Å²) < 4.78 is 0. The predicted octanol–water partition coefficient (Wildman–Crippen LogP) is 3.64. The summed E-state index contributed by atoms with van der Waals surface area (Å²) in [4.78, 5) is 11.3. The largest absolute Gasteiger partial charge is 0.481 e. The lowest BCUT2D eigenvalue weighted by molar-refractivity contribution is -0.140. The molecule has 2 nitrogen and oxygen atoms in total. The monoisotopic (exact) mass is 252 g/mol. The minimum absolute atomic E-state index is 0.498. The third kappa shape index (κ3) is 4.11. The van der Waals surface area contributed by atoms with Gasteiger partial charge in [-0.15, -0.1) is 0 Å². The van der Waals surface area contributed by atoms with E-state index in [0.29, 0.717) is 6.42 Å².